The molecule has 0 aliphatic carbocycles. The van der Waals surface area contributed by atoms with E-state index in [-0.39, 0.29) is 23.7 Å². The predicted molar refractivity (Wildman–Crippen MR) is 112 cm³/mol. The van der Waals surface area contributed by atoms with Gasteiger partial charge in [-0.15, -0.1) is 11.3 Å². The van der Waals surface area contributed by atoms with Crippen LogP contribution in [-0.4, -0.2) is 51.8 Å². The molecule has 0 unspecified atom stereocenters. The lowest BCUT2D eigenvalue weighted by molar-refractivity contribution is 0.0204. The number of carbonyl (C=O) groups excluding carboxylic acids is 1. The first-order valence-corrected chi connectivity index (χ1v) is 10.7. The quantitative estimate of drug-likeness (QED) is 0.757. The number of hydrogen-bond acceptors (Lipinski definition) is 6. The number of ether oxygens (including phenoxy) is 2. The van der Waals surface area contributed by atoms with E-state index in [2.05, 4.69) is 0 Å². The molecule has 1 fully saturated rings. The van der Waals surface area contributed by atoms with Gasteiger partial charge in [0, 0.05) is 25.1 Å². The van der Waals surface area contributed by atoms with Crippen molar-refractivity contribution in [2.24, 2.45) is 0 Å². The van der Waals surface area contributed by atoms with Crippen LogP contribution < -0.4 is 4.74 Å². The number of hydrogen-bond donors (Lipinski definition) is 1. The number of piperidine rings is 1. The number of aromatic carboxylic acids is 1. The Morgan fingerprint density at radius 1 is 1.24 bits per heavy atom. The van der Waals surface area contributed by atoms with Gasteiger partial charge in [0.25, 0.3) is 0 Å². The number of thiazole rings is 1. The van der Waals surface area contributed by atoms with Crippen LogP contribution in [0.15, 0.2) is 12.1 Å². The second kappa shape index (κ2) is 8.18. The first-order valence-electron chi connectivity index (χ1n) is 9.86. The zero-order valence-electron chi connectivity index (χ0n) is 17.5. The summed E-state index contributed by atoms with van der Waals surface area (Å²) in [5.74, 6) is -0.423. The maximum Gasteiger partial charge on any atom is 0.410 e. The minimum atomic E-state index is -1.01. The molecule has 2 heterocycles. The number of carboxylic acid groups (broad SMARTS) is 1. The van der Waals surface area contributed by atoms with E-state index in [9.17, 15) is 14.7 Å². The van der Waals surface area contributed by atoms with Gasteiger partial charge in [0.1, 0.15) is 16.9 Å². The van der Waals surface area contributed by atoms with E-state index in [1.54, 1.807) is 17.0 Å². The molecule has 1 N–H and O–H groups in total. The number of carboxylic acids is 1. The Labute approximate surface area is 174 Å². The highest BCUT2D eigenvalue weighted by molar-refractivity contribution is 7.18. The minimum Gasteiger partial charge on any atom is -0.490 e. The number of benzene rings is 1. The Morgan fingerprint density at radius 2 is 1.90 bits per heavy atom. The second-order valence-electron chi connectivity index (χ2n) is 8.58. The average Bonchev–Trinajstić information content (AvgIpc) is 3.02. The highest BCUT2D eigenvalue weighted by atomic mass is 32.1. The molecule has 3 rings (SSSR count). The molecule has 7 nitrogen and oxygen atoms in total. The van der Waals surface area contributed by atoms with Gasteiger partial charge in [0.15, 0.2) is 0 Å². The smallest absolute Gasteiger partial charge is 0.410 e. The molecule has 0 radical (unpaired) electrons. The number of likely N-dealkylation sites (tertiary alicyclic amines) is 1. The van der Waals surface area contributed by atoms with Gasteiger partial charge in [-0.25, -0.2) is 14.6 Å². The molecule has 1 aliphatic rings. The van der Waals surface area contributed by atoms with Crippen LogP contribution in [0.1, 0.15) is 68.7 Å². The molecule has 0 saturated carbocycles. The van der Waals surface area contributed by atoms with Crippen LogP contribution >= 0.6 is 11.3 Å². The molecule has 1 aromatic heterocycles. The molecule has 1 amide bonds. The van der Waals surface area contributed by atoms with Gasteiger partial charge in [0.2, 0.25) is 0 Å². The van der Waals surface area contributed by atoms with Crippen molar-refractivity contribution >= 4 is 33.6 Å². The third-order valence-electron chi connectivity index (χ3n) is 4.60. The van der Waals surface area contributed by atoms with Crippen molar-refractivity contribution < 1.29 is 24.2 Å². The van der Waals surface area contributed by atoms with E-state index < -0.39 is 11.6 Å². The summed E-state index contributed by atoms with van der Waals surface area (Å²) in [4.78, 5) is 30.3. The van der Waals surface area contributed by atoms with E-state index in [1.165, 1.54) is 11.3 Å². The highest BCUT2D eigenvalue weighted by Gasteiger charge is 2.29. The number of nitrogens with zero attached hydrogens (tertiary/aromatic N) is 2. The van der Waals surface area contributed by atoms with Gasteiger partial charge >= 0.3 is 12.1 Å². The third-order valence-corrected chi connectivity index (χ3v) is 5.78. The molecule has 0 spiro atoms. The highest BCUT2D eigenvalue weighted by Crippen LogP contribution is 2.37. The van der Waals surface area contributed by atoms with Gasteiger partial charge < -0.3 is 19.5 Å². The van der Waals surface area contributed by atoms with Crippen LogP contribution in [-0.2, 0) is 4.74 Å². The summed E-state index contributed by atoms with van der Waals surface area (Å²) in [5.41, 5.74) is 0.403. The Morgan fingerprint density at radius 3 is 2.45 bits per heavy atom. The summed E-state index contributed by atoms with van der Waals surface area (Å²) in [6, 6.07) is 3.36. The van der Waals surface area contributed by atoms with E-state index in [1.807, 2.05) is 34.6 Å². The van der Waals surface area contributed by atoms with E-state index in [4.69, 9.17) is 14.5 Å². The maximum absolute atomic E-state index is 12.2. The Balaban J connectivity index is 1.76. The van der Waals surface area contributed by atoms with E-state index in [0.717, 1.165) is 28.1 Å². The molecular weight excluding hydrogens is 392 g/mol. The van der Waals surface area contributed by atoms with E-state index in [0.29, 0.717) is 18.8 Å². The van der Waals surface area contributed by atoms with Crippen molar-refractivity contribution in [1.82, 2.24) is 9.88 Å². The fraction of sp³-hybridized carbons (Fsp3) is 0.571. The normalized spacial score (nSPS) is 15.7. The van der Waals surface area contributed by atoms with Gasteiger partial charge in [0.05, 0.1) is 21.3 Å². The monoisotopic (exact) mass is 420 g/mol. The molecule has 0 bridgehead atoms. The van der Waals surface area contributed by atoms with Crippen molar-refractivity contribution in [2.45, 2.75) is 65.1 Å². The van der Waals surface area contributed by atoms with Crippen molar-refractivity contribution in [3.8, 4) is 5.75 Å². The molecule has 0 atom stereocenters. The summed E-state index contributed by atoms with van der Waals surface area (Å²) < 4.78 is 12.0. The molecule has 158 valence electrons. The van der Waals surface area contributed by atoms with Crippen LogP contribution in [0.2, 0.25) is 0 Å². The average molecular weight is 421 g/mol. The van der Waals surface area contributed by atoms with Crippen LogP contribution in [0.4, 0.5) is 4.79 Å². The lowest BCUT2D eigenvalue weighted by atomic mass is 9.98. The van der Waals surface area contributed by atoms with Crippen molar-refractivity contribution in [3.05, 3.63) is 22.7 Å². The molecule has 1 saturated heterocycles. The van der Waals surface area contributed by atoms with Gasteiger partial charge in [-0.1, -0.05) is 0 Å². The van der Waals surface area contributed by atoms with Crippen LogP contribution in [0.5, 0.6) is 5.75 Å². The van der Waals surface area contributed by atoms with Crippen LogP contribution in [0.25, 0.3) is 10.2 Å². The molecule has 29 heavy (non-hydrogen) atoms. The Bertz CT molecular complexity index is 908. The number of aromatic nitrogens is 1. The summed E-state index contributed by atoms with van der Waals surface area (Å²) in [5, 5.41) is 10.5. The SMILES string of the molecule is CC(C)Oc1cc2nc(C3CCN(C(=O)OC(C)(C)C)CC3)sc2cc1C(=O)O. The Hall–Kier alpha value is -2.35. The van der Waals surface area contributed by atoms with E-state index >= 15 is 0 Å². The van der Waals surface area contributed by atoms with Crippen molar-refractivity contribution in [2.75, 3.05) is 13.1 Å². The second-order valence-corrected chi connectivity index (χ2v) is 9.64. The molecule has 1 aliphatic heterocycles. The first-order chi connectivity index (χ1) is 13.5. The predicted octanol–water partition coefficient (Wildman–Crippen LogP) is 4.90. The fourth-order valence-corrected chi connectivity index (χ4v) is 4.46. The lowest BCUT2D eigenvalue weighted by Crippen LogP contribution is -2.41. The summed E-state index contributed by atoms with van der Waals surface area (Å²) >= 11 is 1.52. The fourth-order valence-electron chi connectivity index (χ4n) is 3.30. The van der Waals surface area contributed by atoms with Crippen molar-refractivity contribution in [3.63, 3.8) is 0 Å². The molecular formula is C21H28N2O5S. The summed E-state index contributed by atoms with van der Waals surface area (Å²) in [6.07, 6.45) is 1.21. The minimum absolute atomic E-state index is 0.124. The van der Waals surface area contributed by atoms with Gasteiger partial charge in [-0.2, -0.15) is 0 Å². The summed E-state index contributed by atoms with van der Waals surface area (Å²) in [7, 11) is 0. The summed E-state index contributed by atoms with van der Waals surface area (Å²) in [6.45, 7) is 10.6. The molecule has 1 aromatic carbocycles. The number of carbonyl (C=O) groups is 2. The van der Waals surface area contributed by atoms with Crippen LogP contribution in [0.3, 0.4) is 0 Å². The first kappa shape index (κ1) is 21.4. The number of rotatable bonds is 4. The largest absolute Gasteiger partial charge is 0.490 e. The zero-order valence-corrected chi connectivity index (χ0v) is 18.3. The van der Waals surface area contributed by atoms with Gasteiger partial charge in [-0.05, 0) is 53.5 Å². The number of fused-ring (bicyclic) bond motifs is 1. The number of amides is 1. The Kier molecular flexibility index (Phi) is 6.03. The topological polar surface area (TPSA) is 89.0 Å². The standard InChI is InChI=1S/C21H28N2O5S/c1-12(2)27-16-11-15-17(10-14(16)19(24)25)29-18(22-15)13-6-8-23(9-7-13)20(26)28-21(3,4)5/h10-13H,6-9H2,1-5H3,(H,24,25). The van der Waals surface area contributed by atoms with Crippen molar-refractivity contribution in [1.29, 1.82) is 0 Å². The van der Waals surface area contributed by atoms with Gasteiger partial charge in [-0.3, -0.25) is 0 Å². The molecule has 8 heteroatoms. The van der Waals surface area contributed by atoms with Crippen LogP contribution in [0, 0.1) is 0 Å². The maximum atomic E-state index is 12.2. The zero-order chi connectivity index (χ0) is 21.3. The lowest BCUT2D eigenvalue weighted by Gasteiger charge is -2.32. The molecule has 2 aromatic rings. The third kappa shape index (κ3) is 5.18.